The van der Waals surface area contributed by atoms with Crippen LogP contribution in [-0.2, 0) is 9.47 Å². The van der Waals surface area contributed by atoms with Crippen molar-refractivity contribution in [2.24, 2.45) is 0 Å². The van der Waals surface area contributed by atoms with Gasteiger partial charge in [0.1, 0.15) is 0 Å². The Morgan fingerprint density at radius 2 is 1.78 bits per heavy atom. The van der Waals surface area contributed by atoms with E-state index in [1.54, 1.807) is 0 Å². The fourth-order valence-electron chi connectivity index (χ4n) is 1.75. The van der Waals surface area contributed by atoms with Crippen molar-refractivity contribution in [3.8, 4) is 0 Å². The molecule has 0 fully saturated rings. The molecule has 0 heterocycles. The van der Waals surface area contributed by atoms with Crippen LogP contribution in [0.3, 0.4) is 0 Å². The number of aliphatic hydroxyl groups excluding tert-OH is 1. The molecule has 0 saturated heterocycles. The van der Waals surface area contributed by atoms with Crippen LogP contribution in [0.5, 0.6) is 0 Å². The Hall–Kier alpha value is -0.900. The fourth-order valence-corrected chi connectivity index (χ4v) is 1.75. The Bertz CT molecular complexity index is 313. The summed E-state index contributed by atoms with van der Waals surface area (Å²) in [6, 6.07) is 10.2. The summed E-state index contributed by atoms with van der Waals surface area (Å²) in [4.78, 5) is 0. The second kappa shape index (κ2) is 8.25. The number of hydrogen-bond donors (Lipinski definition) is 1. The van der Waals surface area contributed by atoms with E-state index in [0.29, 0.717) is 6.61 Å². The minimum Gasteiger partial charge on any atom is -0.394 e. The molecule has 0 aliphatic carbocycles. The highest BCUT2D eigenvalue weighted by molar-refractivity contribution is 5.17. The molecule has 1 aromatic carbocycles. The molecule has 0 amide bonds. The highest BCUT2D eigenvalue weighted by Gasteiger charge is 2.14. The van der Waals surface area contributed by atoms with Crippen LogP contribution in [0.1, 0.15) is 38.9 Å². The van der Waals surface area contributed by atoms with E-state index in [2.05, 4.69) is 19.1 Å². The highest BCUT2D eigenvalue weighted by atomic mass is 16.5. The number of benzene rings is 1. The maximum atomic E-state index is 8.89. The second-order valence-corrected chi connectivity index (χ2v) is 4.58. The van der Waals surface area contributed by atoms with Crippen molar-refractivity contribution >= 4 is 0 Å². The summed E-state index contributed by atoms with van der Waals surface area (Å²) < 4.78 is 11.4. The van der Waals surface area contributed by atoms with Crippen LogP contribution < -0.4 is 0 Å². The first-order valence-electron chi connectivity index (χ1n) is 6.60. The monoisotopic (exact) mass is 252 g/mol. The van der Waals surface area contributed by atoms with Gasteiger partial charge in [-0.3, -0.25) is 0 Å². The third kappa shape index (κ3) is 5.17. The third-order valence-electron chi connectivity index (χ3n) is 2.81. The number of hydrogen-bond acceptors (Lipinski definition) is 3. The van der Waals surface area contributed by atoms with E-state index in [-0.39, 0.29) is 24.9 Å². The van der Waals surface area contributed by atoms with Crippen molar-refractivity contribution in [2.75, 3.05) is 13.2 Å². The van der Waals surface area contributed by atoms with Gasteiger partial charge in [0.25, 0.3) is 0 Å². The van der Waals surface area contributed by atoms with Gasteiger partial charge < -0.3 is 14.6 Å². The van der Waals surface area contributed by atoms with Gasteiger partial charge in [0.2, 0.25) is 0 Å². The molecule has 0 aromatic heterocycles. The lowest BCUT2D eigenvalue weighted by molar-refractivity contribution is -0.0744. The molecule has 0 aliphatic rings. The summed E-state index contributed by atoms with van der Waals surface area (Å²) in [5.74, 6) is 0. The lowest BCUT2D eigenvalue weighted by Gasteiger charge is -2.23. The molecule has 3 atom stereocenters. The molecule has 1 N–H and O–H groups in total. The van der Waals surface area contributed by atoms with Gasteiger partial charge in [0.15, 0.2) is 0 Å². The van der Waals surface area contributed by atoms with E-state index in [4.69, 9.17) is 14.6 Å². The molecule has 1 rings (SSSR count). The summed E-state index contributed by atoms with van der Waals surface area (Å²) in [6.45, 7) is 6.51. The van der Waals surface area contributed by atoms with Gasteiger partial charge in [-0.1, -0.05) is 37.3 Å². The van der Waals surface area contributed by atoms with Crippen LogP contribution in [0.2, 0.25) is 0 Å². The van der Waals surface area contributed by atoms with Gasteiger partial charge in [0.05, 0.1) is 31.5 Å². The SMILES string of the molecule is CCC(OC(C)COC(C)CO)c1ccccc1. The van der Waals surface area contributed by atoms with Crippen molar-refractivity contribution in [1.29, 1.82) is 0 Å². The molecular formula is C15H24O3. The minimum absolute atomic E-state index is 0.0177. The van der Waals surface area contributed by atoms with Crippen LogP contribution in [0.25, 0.3) is 0 Å². The van der Waals surface area contributed by atoms with Gasteiger partial charge >= 0.3 is 0 Å². The van der Waals surface area contributed by atoms with E-state index >= 15 is 0 Å². The largest absolute Gasteiger partial charge is 0.394 e. The summed E-state index contributed by atoms with van der Waals surface area (Å²) in [5, 5.41) is 8.89. The number of aliphatic hydroxyl groups is 1. The first-order chi connectivity index (χ1) is 8.67. The molecule has 0 bridgehead atoms. The minimum atomic E-state index is -0.132. The molecule has 0 aliphatic heterocycles. The zero-order valence-electron chi connectivity index (χ0n) is 11.5. The topological polar surface area (TPSA) is 38.7 Å². The van der Waals surface area contributed by atoms with Crippen molar-refractivity contribution in [3.05, 3.63) is 35.9 Å². The number of rotatable bonds is 8. The summed E-state index contributed by atoms with van der Waals surface area (Å²) in [7, 11) is 0. The summed E-state index contributed by atoms with van der Waals surface area (Å²) >= 11 is 0. The van der Waals surface area contributed by atoms with E-state index in [1.165, 1.54) is 5.56 Å². The summed E-state index contributed by atoms with van der Waals surface area (Å²) in [5.41, 5.74) is 1.20. The molecule has 0 radical (unpaired) electrons. The fraction of sp³-hybridized carbons (Fsp3) is 0.600. The van der Waals surface area contributed by atoms with Gasteiger partial charge in [-0.2, -0.15) is 0 Å². The maximum Gasteiger partial charge on any atom is 0.0827 e. The van der Waals surface area contributed by atoms with Gasteiger partial charge in [-0.05, 0) is 25.8 Å². The standard InChI is InChI=1S/C15H24O3/c1-4-15(14-8-6-5-7-9-14)18-13(3)11-17-12(2)10-16/h5-9,12-13,15-16H,4,10-11H2,1-3H3. The quantitative estimate of drug-likeness (QED) is 0.773. The normalized spacial score (nSPS) is 16.2. The molecule has 3 heteroatoms. The van der Waals surface area contributed by atoms with Crippen LogP contribution in [-0.4, -0.2) is 30.5 Å². The Labute approximate surface area is 110 Å². The molecule has 3 nitrogen and oxygen atoms in total. The van der Waals surface area contributed by atoms with E-state index in [9.17, 15) is 0 Å². The smallest absolute Gasteiger partial charge is 0.0827 e. The van der Waals surface area contributed by atoms with Crippen LogP contribution in [0.15, 0.2) is 30.3 Å². The zero-order valence-corrected chi connectivity index (χ0v) is 11.5. The van der Waals surface area contributed by atoms with Crippen LogP contribution in [0.4, 0.5) is 0 Å². The van der Waals surface area contributed by atoms with Crippen molar-refractivity contribution in [2.45, 2.75) is 45.5 Å². The lowest BCUT2D eigenvalue weighted by atomic mass is 10.1. The van der Waals surface area contributed by atoms with Gasteiger partial charge in [-0.25, -0.2) is 0 Å². The second-order valence-electron chi connectivity index (χ2n) is 4.58. The van der Waals surface area contributed by atoms with Gasteiger partial charge in [0, 0.05) is 0 Å². The molecule has 102 valence electrons. The van der Waals surface area contributed by atoms with Crippen molar-refractivity contribution < 1.29 is 14.6 Å². The predicted molar refractivity (Wildman–Crippen MR) is 72.5 cm³/mol. The van der Waals surface area contributed by atoms with Crippen molar-refractivity contribution in [1.82, 2.24) is 0 Å². The van der Waals surface area contributed by atoms with E-state index < -0.39 is 0 Å². The molecule has 18 heavy (non-hydrogen) atoms. The van der Waals surface area contributed by atoms with E-state index in [0.717, 1.165) is 6.42 Å². The number of ether oxygens (including phenoxy) is 2. The first kappa shape index (κ1) is 15.2. The molecular weight excluding hydrogens is 228 g/mol. The third-order valence-corrected chi connectivity index (χ3v) is 2.81. The van der Waals surface area contributed by atoms with Crippen LogP contribution in [0, 0.1) is 0 Å². The Kier molecular flexibility index (Phi) is 6.94. The predicted octanol–water partition coefficient (Wildman–Crippen LogP) is 2.94. The first-order valence-corrected chi connectivity index (χ1v) is 6.60. The average molecular weight is 252 g/mol. The molecule has 0 saturated carbocycles. The highest BCUT2D eigenvalue weighted by Crippen LogP contribution is 2.22. The molecule has 0 spiro atoms. The Morgan fingerprint density at radius 1 is 1.11 bits per heavy atom. The Balaban J connectivity index is 2.43. The Morgan fingerprint density at radius 3 is 2.33 bits per heavy atom. The molecule has 3 unspecified atom stereocenters. The van der Waals surface area contributed by atoms with Gasteiger partial charge in [-0.15, -0.1) is 0 Å². The van der Waals surface area contributed by atoms with Crippen LogP contribution >= 0.6 is 0 Å². The lowest BCUT2D eigenvalue weighted by Crippen LogP contribution is -2.23. The van der Waals surface area contributed by atoms with E-state index in [1.807, 2.05) is 32.0 Å². The maximum absolute atomic E-state index is 8.89. The zero-order chi connectivity index (χ0) is 13.4. The molecule has 1 aromatic rings. The summed E-state index contributed by atoms with van der Waals surface area (Å²) in [6.07, 6.45) is 0.926. The van der Waals surface area contributed by atoms with Crippen molar-refractivity contribution in [3.63, 3.8) is 0 Å². The average Bonchev–Trinajstić information content (AvgIpc) is 2.43.